The minimum Gasteiger partial charge on any atom is -0.393 e. The van der Waals surface area contributed by atoms with Crippen molar-refractivity contribution < 1.29 is 14.9 Å². The third-order valence-electron chi connectivity index (χ3n) is 9.82. The molecule has 0 fully saturated rings. The molecular weight excluding hydrogens is 528 g/mol. The zero-order chi connectivity index (χ0) is 31.6. The second-order valence-electron chi connectivity index (χ2n) is 14.1. The standard InChI is InChI=1S/C40H82O3/c1-5-9-13-15-17-19-21-23-25-27-29-33-39(41)37(31-11-7-3)35-43-36-38(32-12-8-4)40(42)34-30-28-26-24-22-20-18-16-14-10-6-2/h37-42H,5-36H2,1-4H3. The summed E-state index contributed by atoms with van der Waals surface area (Å²) in [6.45, 7) is 10.3. The molecule has 0 bridgehead atoms. The zero-order valence-corrected chi connectivity index (χ0v) is 30.2. The van der Waals surface area contributed by atoms with Crippen LogP contribution in [0.1, 0.15) is 220 Å². The molecule has 260 valence electrons. The molecule has 0 aliphatic carbocycles. The van der Waals surface area contributed by atoms with Crippen molar-refractivity contribution in [2.24, 2.45) is 11.8 Å². The lowest BCUT2D eigenvalue weighted by atomic mass is 9.91. The maximum absolute atomic E-state index is 11.0. The van der Waals surface area contributed by atoms with E-state index in [-0.39, 0.29) is 24.0 Å². The van der Waals surface area contributed by atoms with Crippen molar-refractivity contribution in [3.63, 3.8) is 0 Å². The minimum atomic E-state index is -0.250. The smallest absolute Gasteiger partial charge is 0.0590 e. The van der Waals surface area contributed by atoms with Gasteiger partial charge in [-0.1, -0.05) is 195 Å². The van der Waals surface area contributed by atoms with Crippen LogP contribution in [-0.4, -0.2) is 35.6 Å². The van der Waals surface area contributed by atoms with Crippen LogP contribution < -0.4 is 0 Å². The van der Waals surface area contributed by atoms with Gasteiger partial charge in [0.1, 0.15) is 0 Å². The summed E-state index contributed by atoms with van der Waals surface area (Å²) >= 11 is 0. The van der Waals surface area contributed by atoms with E-state index in [9.17, 15) is 10.2 Å². The highest BCUT2D eigenvalue weighted by atomic mass is 16.5. The van der Waals surface area contributed by atoms with Crippen molar-refractivity contribution in [2.45, 2.75) is 233 Å². The van der Waals surface area contributed by atoms with Gasteiger partial charge in [0, 0.05) is 11.8 Å². The molecule has 3 heteroatoms. The summed E-state index contributed by atoms with van der Waals surface area (Å²) in [5.41, 5.74) is 0. The third kappa shape index (κ3) is 29.1. The van der Waals surface area contributed by atoms with Crippen molar-refractivity contribution in [1.82, 2.24) is 0 Å². The average molecular weight is 611 g/mol. The summed E-state index contributed by atoms with van der Waals surface area (Å²) in [5, 5.41) is 22.1. The van der Waals surface area contributed by atoms with E-state index < -0.39 is 0 Å². The average Bonchev–Trinajstić information content (AvgIpc) is 3.01. The number of hydrogen-bond acceptors (Lipinski definition) is 3. The second-order valence-corrected chi connectivity index (χ2v) is 14.1. The van der Waals surface area contributed by atoms with E-state index in [1.165, 1.54) is 141 Å². The molecule has 0 amide bonds. The van der Waals surface area contributed by atoms with Crippen LogP contribution in [0.25, 0.3) is 0 Å². The summed E-state index contributed by atoms with van der Waals surface area (Å²) in [6, 6.07) is 0. The van der Waals surface area contributed by atoms with E-state index in [0.29, 0.717) is 13.2 Å². The topological polar surface area (TPSA) is 49.7 Å². The maximum Gasteiger partial charge on any atom is 0.0590 e. The SMILES string of the molecule is CCCCCCCCCCCCCC(O)C(CCCC)COCC(CCCC)C(O)CCCCCCCCCCCCC. The highest BCUT2D eigenvalue weighted by Crippen LogP contribution is 2.23. The van der Waals surface area contributed by atoms with E-state index in [1.807, 2.05) is 0 Å². The number of aliphatic hydroxyl groups is 2. The first-order valence-corrected chi connectivity index (χ1v) is 20.0. The number of unbranched alkanes of at least 4 members (excludes halogenated alkanes) is 22. The molecule has 3 nitrogen and oxygen atoms in total. The number of aliphatic hydroxyl groups excluding tert-OH is 2. The Morgan fingerprint density at radius 1 is 0.326 bits per heavy atom. The normalized spacial score (nSPS) is 14.7. The fraction of sp³-hybridized carbons (Fsp3) is 1.00. The molecule has 4 atom stereocenters. The Kier molecular flexibility index (Phi) is 34.7. The van der Waals surface area contributed by atoms with Gasteiger partial charge < -0.3 is 14.9 Å². The molecule has 0 saturated heterocycles. The van der Waals surface area contributed by atoms with Gasteiger partial charge in [-0.3, -0.25) is 0 Å². The molecule has 0 aliphatic heterocycles. The predicted molar refractivity (Wildman–Crippen MR) is 191 cm³/mol. The molecule has 0 rings (SSSR count). The van der Waals surface area contributed by atoms with Crippen molar-refractivity contribution >= 4 is 0 Å². The van der Waals surface area contributed by atoms with E-state index in [4.69, 9.17) is 4.74 Å². The first-order valence-electron chi connectivity index (χ1n) is 20.0. The third-order valence-corrected chi connectivity index (χ3v) is 9.82. The van der Waals surface area contributed by atoms with Crippen molar-refractivity contribution in [3.05, 3.63) is 0 Å². The Hall–Kier alpha value is -0.120. The summed E-state index contributed by atoms with van der Waals surface area (Å²) in [5.74, 6) is 0.470. The molecule has 2 N–H and O–H groups in total. The Morgan fingerprint density at radius 3 is 0.860 bits per heavy atom. The maximum atomic E-state index is 11.0. The number of ether oxygens (including phenoxy) is 1. The van der Waals surface area contributed by atoms with E-state index in [2.05, 4.69) is 27.7 Å². The molecule has 0 aromatic carbocycles. The van der Waals surface area contributed by atoms with Crippen LogP contribution in [0, 0.1) is 11.8 Å². The van der Waals surface area contributed by atoms with Gasteiger partial charge in [0.2, 0.25) is 0 Å². The summed E-state index contributed by atoms with van der Waals surface area (Å²) < 4.78 is 6.29. The van der Waals surface area contributed by atoms with Crippen molar-refractivity contribution in [2.75, 3.05) is 13.2 Å². The molecule has 0 heterocycles. The molecule has 43 heavy (non-hydrogen) atoms. The van der Waals surface area contributed by atoms with Crippen LogP contribution in [0.2, 0.25) is 0 Å². The first-order chi connectivity index (χ1) is 21.1. The van der Waals surface area contributed by atoms with Gasteiger partial charge >= 0.3 is 0 Å². The fourth-order valence-corrected chi connectivity index (χ4v) is 6.58. The van der Waals surface area contributed by atoms with Gasteiger partial charge in [-0.05, 0) is 25.7 Å². The first kappa shape index (κ1) is 42.9. The lowest BCUT2D eigenvalue weighted by Crippen LogP contribution is -2.29. The quantitative estimate of drug-likeness (QED) is 0.0694. The van der Waals surface area contributed by atoms with Crippen LogP contribution in [0.3, 0.4) is 0 Å². The molecule has 0 radical (unpaired) electrons. The van der Waals surface area contributed by atoms with E-state index in [1.54, 1.807) is 0 Å². The summed E-state index contributed by atoms with van der Waals surface area (Å²) in [4.78, 5) is 0. The van der Waals surface area contributed by atoms with Crippen LogP contribution in [-0.2, 0) is 4.74 Å². The molecule has 0 aromatic rings. The number of rotatable bonds is 36. The largest absolute Gasteiger partial charge is 0.393 e. The predicted octanol–water partition coefficient (Wildman–Crippen LogP) is 12.7. The monoisotopic (exact) mass is 611 g/mol. The fourth-order valence-electron chi connectivity index (χ4n) is 6.58. The molecule has 0 aliphatic rings. The Bertz CT molecular complexity index is 466. The molecule has 4 unspecified atom stereocenters. The highest BCUT2D eigenvalue weighted by Gasteiger charge is 2.22. The Morgan fingerprint density at radius 2 is 0.581 bits per heavy atom. The molecule has 0 aromatic heterocycles. The van der Waals surface area contributed by atoms with Crippen LogP contribution in [0.4, 0.5) is 0 Å². The molecular formula is C40H82O3. The Labute approximate surface area is 272 Å². The summed E-state index contributed by atoms with van der Waals surface area (Å²) in [6.07, 6.45) is 37.7. The van der Waals surface area contributed by atoms with Gasteiger partial charge in [-0.15, -0.1) is 0 Å². The lowest BCUT2D eigenvalue weighted by Gasteiger charge is -2.26. The van der Waals surface area contributed by atoms with E-state index >= 15 is 0 Å². The van der Waals surface area contributed by atoms with Gasteiger partial charge in [0.15, 0.2) is 0 Å². The summed E-state index contributed by atoms with van der Waals surface area (Å²) in [7, 11) is 0. The van der Waals surface area contributed by atoms with Gasteiger partial charge in [-0.25, -0.2) is 0 Å². The van der Waals surface area contributed by atoms with Crippen molar-refractivity contribution in [3.8, 4) is 0 Å². The van der Waals surface area contributed by atoms with Crippen LogP contribution in [0.15, 0.2) is 0 Å². The van der Waals surface area contributed by atoms with E-state index in [0.717, 1.165) is 51.4 Å². The van der Waals surface area contributed by atoms with Gasteiger partial charge in [0.05, 0.1) is 25.4 Å². The molecule has 0 saturated carbocycles. The highest BCUT2D eigenvalue weighted by molar-refractivity contribution is 4.72. The van der Waals surface area contributed by atoms with Crippen LogP contribution in [0.5, 0.6) is 0 Å². The minimum absolute atomic E-state index is 0.235. The van der Waals surface area contributed by atoms with Gasteiger partial charge in [-0.2, -0.15) is 0 Å². The van der Waals surface area contributed by atoms with Crippen molar-refractivity contribution in [1.29, 1.82) is 0 Å². The number of hydrogen-bond donors (Lipinski definition) is 2. The van der Waals surface area contributed by atoms with Crippen LogP contribution >= 0.6 is 0 Å². The Balaban J connectivity index is 4.21. The second kappa shape index (κ2) is 34.7. The molecule has 0 spiro atoms. The lowest BCUT2D eigenvalue weighted by molar-refractivity contribution is -0.0200. The zero-order valence-electron chi connectivity index (χ0n) is 30.2. The van der Waals surface area contributed by atoms with Gasteiger partial charge in [0.25, 0.3) is 0 Å².